The Morgan fingerprint density at radius 1 is 0.318 bits per heavy atom. The molecule has 0 rings (SSSR count). The van der Waals surface area contributed by atoms with Crippen molar-refractivity contribution < 1.29 is 28.6 Å². The van der Waals surface area contributed by atoms with Crippen molar-refractivity contribution in [3.8, 4) is 0 Å². The first-order chi connectivity index (χ1) is 32.5. The minimum atomic E-state index is -0.824. The third-order valence-electron chi connectivity index (χ3n) is 10.4. The topological polar surface area (TPSA) is 78.9 Å². The van der Waals surface area contributed by atoms with Gasteiger partial charge in [0.15, 0.2) is 6.10 Å². The van der Waals surface area contributed by atoms with Crippen molar-refractivity contribution in [2.45, 2.75) is 213 Å². The van der Waals surface area contributed by atoms with E-state index in [1.54, 1.807) is 0 Å². The minimum absolute atomic E-state index is 0.118. The van der Waals surface area contributed by atoms with E-state index in [0.717, 1.165) is 141 Å². The number of rotatable bonds is 45. The van der Waals surface area contributed by atoms with Gasteiger partial charge >= 0.3 is 17.9 Å². The lowest BCUT2D eigenvalue weighted by Gasteiger charge is -2.18. The Morgan fingerprint density at radius 2 is 0.591 bits per heavy atom. The Morgan fingerprint density at radius 3 is 0.970 bits per heavy atom. The van der Waals surface area contributed by atoms with E-state index in [1.807, 2.05) is 0 Å². The van der Waals surface area contributed by atoms with Gasteiger partial charge in [0, 0.05) is 19.3 Å². The van der Waals surface area contributed by atoms with E-state index >= 15 is 0 Å². The predicted molar refractivity (Wildman–Crippen MR) is 283 cm³/mol. The van der Waals surface area contributed by atoms with E-state index in [-0.39, 0.29) is 37.5 Å². The van der Waals surface area contributed by atoms with Gasteiger partial charge in [-0.25, -0.2) is 0 Å². The maximum atomic E-state index is 12.8. The van der Waals surface area contributed by atoms with E-state index in [9.17, 15) is 14.4 Å². The maximum absolute atomic E-state index is 12.8. The van der Waals surface area contributed by atoms with Gasteiger partial charge in [0.2, 0.25) is 0 Å². The molecule has 66 heavy (non-hydrogen) atoms. The van der Waals surface area contributed by atoms with Gasteiger partial charge in [-0.3, -0.25) is 14.4 Å². The summed E-state index contributed by atoms with van der Waals surface area (Å²) in [7, 11) is 0. The molecule has 6 heteroatoms. The number of allylic oxidation sites excluding steroid dienone is 22. The molecule has 0 aromatic heterocycles. The lowest BCUT2D eigenvalue weighted by atomic mass is 10.1. The lowest BCUT2D eigenvalue weighted by molar-refractivity contribution is -0.167. The van der Waals surface area contributed by atoms with Crippen LogP contribution in [0.2, 0.25) is 0 Å². The fourth-order valence-corrected chi connectivity index (χ4v) is 6.47. The third kappa shape index (κ3) is 50.5. The molecule has 0 unspecified atom stereocenters. The number of esters is 3. The highest BCUT2D eigenvalue weighted by atomic mass is 16.6. The van der Waals surface area contributed by atoms with E-state index in [4.69, 9.17) is 14.2 Å². The Labute approximate surface area is 405 Å². The molecular weight excluding hydrogens is 817 g/mol. The van der Waals surface area contributed by atoms with E-state index < -0.39 is 6.10 Å². The lowest BCUT2D eigenvalue weighted by Crippen LogP contribution is -2.30. The molecule has 0 amide bonds. The van der Waals surface area contributed by atoms with Crippen molar-refractivity contribution in [1.29, 1.82) is 0 Å². The van der Waals surface area contributed by atoms with Crippen LogP contribution in [0.3, 0.4) is 0 Å². The molecule has 0 aliphatic carbocycles. The minimum Gasteiger partial charge on any atom is -0.462 e. The van der Waals surface area contributed by atoms with Crippen LogP contribution in [-0.2, 0) is 28.6 Å². The predicted octanol–water partition coefficient (Wildman–Crippen LogP) is 17.5. The van der Waals surface area contributed by atoms with Crippen molar-refractivity contribution in [2.24, 2.45) is 0 Å². The zero-order valence-electron chi connectivity index (χ0n) is 42.1. The molecular formula is C60H94O6. The third-order valence-corrected chi connectivity index (χ3v) is 10.4. The number of unbranched alkanes of at least 4 members (excludes halogenated alkanes) is 12. The van der Waals surface area contributed by atoms with Gasteiger partial charge in [-0.1, -0.05) is 193 Å². The normalized spacial score (nSPS) is 13.2. The van der Waals surface area contributed by atoms with Crippen molar-refractivity contribution in [3.05, 3.63) is 134 Å². The summed E-state index contributed by atoms with van der Waals surface area (Å²) in [4.78, 5) is 38.0. The fourth-order valence-electron chi connectivity index (χ4n) is 6.47. The first kappa shape index (κ1) is 61.5. The second-order valence-corrected chi connectivity index (χ2v) is 16.7. The number of carbonyl (C=O) groups is 3. The van der Waals surface area contributed by atoms with Crippen LogP contribution in [0.4, 0.5) is 0 Å². The standard InChI is InChI=1S/C60H94O6/c1-4-7-10-13-16-19-22-25-28-29-30-31-33-35-38-41-44-47-50-53-59(62)65-56-57(55-64-58(61)52-49-46-43-40-37-34-27-24-21-18-15-12-9-6-3)66-60(63)54-51-48-45-42-39-36-32-26-23-20-17-14-11-8-5-2/h7-8,10-11,15-20,24-28,30-32,35,38-39,42,57H,4-6,9,12-14,21-23,29,33-34,36-37,40-41,43-56H2,1-3H3/b10-7-,11-8-,18-15-,19-16-,20-17-,27-24-,28-25-,31-30-,32-26-,38-35-,42-39-/t57-/m1/s1. The van der Waals surface area contributed by atoms with Gasteiger partial charge < -0.3 is 14.2 Å². The number of hydrogen-bond acceptors (Lipinski definition) is 6. The monoisotopic (exact) mass is 911 g/mol. The molecule has 0 aliphatic rings. The van der Waals surface area contributed by atoms with E-state index in [1.165, 1.54) is 19.3 Å². The summed E-state index contributed by atoms with van der Waals surface area (Å²) in [6, 6.07) is 0. The molecule has 370 valence electrons. The summed E-state index contributed by atoms with van der Waals surface area (Å²) >= 11 is 0. The van der Waals surface area contributed by atoms with Crippen molar-refractivity contribution >= 4 is 17.9 Å². The van der Waals surface area contributed by atoms with Gasteiger partial charge in [0.1, 0.15) is 13.2 Å². The molecule has 0 heterocycles. The summed E-state index contributed by atoms with van der Waals surface area (Å²) in [5, 5.41) is 0. The SMILES string of the molecule is CC/C=C\C/C=C\C/C=C\C/C=C\C/C=C\CCCCCC(=O)OC[C@@H](COC(=O)CCCCCCC/C=C\C/C=C\CCCC)OC(=O)CCCC/C=C\C/C=C\C/C=C\C/C=C\CC. The molecule has 0 spiro atoms. The molecule has 6 nitrogen and oxygen atoms in total. The van der Waals surface area contributed by atoms with Crippen LogP contribution in [0.25, 0.3) is 0 Å². The van der Waals surface area contributed by atoms with Crippen molar-refractivity contribution in [2.75, 3.05) is 13.2 Å². The zero-order chi connectivity index (χ0) is 47.9. The quantitative estimate of drug-likeness (QED) is 0.0262. The van der Waals surface area contributed by atoms with Crippen LogP contribution in [0, 0.1) is 0 Å². The Bertz CT molecular complexity index is 1460. The van der Waals surface area contributed by atoms with E-state index in [0.29, 0.717) is 19.3 Å². The molecule has 1 atom stereocenters. The molecule has 0 radical (unpaired) electrons. The zero-order valence-corrected chi connectivity index (χ0v) is 42.1. The van der Waals surface area contributed by atoms with Crippen LogP contribution in [0.15, 0.2) is 134 Å². The summed E-state index contributed by atoms with van der Waals surface area (Å²) in [5.41, 5.74) is 0. The fraction of sp³-hybridized carbons (Fsp3) is 0.583. The Balaban J connectivity index is 4.56. The highest BCUT2D eigenvalue weighted by Gasteiger charge is 2.19. The number of carbonyl (C=O) groups excluding carboxylic acids is 3. The highest BCUT2D eigenvalue weighted by molar-refractivity contribution is 5.71. The first-order valence-corrected chi connectivity index (χ1v) is 26.2. The van der Waals surface area contributed by atoms with E-state index in [2.05, 4.69) is 154 Å². The Kier molecular flexibility index (Phi) is 49.6. The van der Waals surface area contributed by atoms with Gasteiger partial charge in [0.25, 0.3) is 0 Å². The second kappa shape index (κ2) is 53.2. The van der Waals surface area contributed by atoms with Crippen LogP contribution >= 0.6 is 0 Å². The largest absolute Gasteiger partial charge is 0.462 e. The second-order valence-electron chi connectivity index (χ2n) is 16.7. The average molecular weight is 911 g/mol. The van der Waals surface area contributed by atoms with Crippen LogP contribution in [0.1, 0.15) is 207 Å². The Hall–Kier alpha value is -4.45. The average Bonchev–Trinajstić information content (AvgIpc) is 3.31. The van der Waals surface area contributed by atoms with Gasteiger partial charge in [-0.2, -0.15) is 0 Å². The van der Waals surface area contributed by atoms with Crippen LogP contribution in [-0.4, -0.2) is 37.2 Å². The number of ether oxygens (including phenoxy) is 3. The molecule has 0 bridgehead atoms. The van der Waals surface area contributed by atoms with Crippen molar-refractivity contribution in [3.63, 3.8) is 0 Å². The van der Waals surface area contributed by atoms with Crippen molar-refractivity contribution in [1.82, 2.24) is 0 Å². The molecule has 0 saturated carbocycles. The molecule has 0 aromatic rings. The summed E-state index contributed by atoms with van der Waals surface area (Å²) in [6.45, 7) is 6.27. The first-order valence-electron chi connectivity index (χ1n) is 26.2. The highest BCUT2D eigenvalue weighted by Crippen LogP contribution is 2.12. The molecule has 0 N–H and O–H groups in total. The molecule has 0 aliphatic heterocycles. The molecule has 0 aromatic carbocycles. The van der Waals surface area contributed by atoms with Crippen LogP contribution < -0.4 is 0 Å². The van der Waals surface area contributed by atoms with Crippen LogP contribution in [0.5, 0.6) is 0 Å². The molecule has 0 saturated heterocycles. The van der Waals surface area contributed by atoms with Gasteiger partial charge in [0.05, 0.1) is 0 Å². The van der Waals surface area contributed by atoms with Gasteiger partial charge in [-0.15, -0.1) is 0 Å². The maximum Gasteiger partial charge on any atom is 0.306 e. The molecule has 0 fully saturated rings. The smallest absolute Gasteiger partial charge is 0.306 e. The summed E-state index contributed by atoms with van der Waals surface area (Å²) < 4.78 is 16.7. The summed E-state index contributed by atoms with van der Waals surface area (Å²) in [6.07, 6.45) is 74.3. The number of hydrogen-bond donors (Lipinski definition) is 0. The van der Waals surface area contributed by atoms with Gasteiger partial charge in [-0.05, 0) is 128 Å². The summed E-state index contributed by atoms with van der Waals surface area (Å²) in [5.74, 6) is -1.02.